The van der Waals surface area contributed by atoms with Gasteiger partial charge in [-0.15, -0.1) is 0 Å². The maximum absolute atomic E-state index is 11.8. The Morgan fingerprint density at radius 1 is 1.25 bits per heavy atom. The largest absolute Gasteiger partial charge is 0.390 e. The van der Waals surface area contributed by atoms with Crippen LogP contribution in [0.5, 0.6) is 0 Å². The highest BCUT2D eigenvalue weighted by atomic mass is 32.2. The lowest BCUT2D eigenvalue weighted by Crippen LogP contribution is -2.21. The first kappa shape index (κ1) is 16.4. The number of fused-ring (bicyclic) bond motifs is 1. The molecule has 0 aliphatic heterocycles. The second-order valence-corrected chi connectivity index (χ2v) is 7.79. The summed E-state index contributed by atoms with van der Waals surface area (Å²) in [4.78, 5) is 9.95. The molecule has 1 aliphatic carbocycles. The van der Waals surface area contributed by atoms with E-state index in [1.165, 1.54) is 12.1 Å². The molecule has 0 unspecified atom stereocenters. The second kappa shape index (κ2) is 5.88. The van der Waals surface area contributed by atoms with Crippen LogP contribution in [0.25, 0.3) is 0 Å². The minimum atomic E-state index is -3.75. The predicted octanol–water partition coefficient (Wildman–Crippen LogP) is 2.07. The molecular formula is C16H16N2O5S. The molecule has 2 aromatic carbocycles. The molecule has 7 nitrogen and oxygen atoms in total. The molecule has 2 aromatic rings. The Labute approximate surface area is 139 Å². The summed E-state index contributed by atoms with van der Waals surface area (Å²) >= 11 is 0. The molecule has 2 N–H and O–H groups in total. The Bertz CT molecular complexity index is 910. The van der Waals surface area contributed by atoms with E-state index >= 15 is 0 Å². The lowest BCUT2D eigenvalue weighted by molar-refractivity contribution is -0.387. The van der Waals surface area contributed by atoms with Crippen LogP contribution < -0.4 is 5.32 Å². The van der Waals surface area contributed by atoms with Crippen LogP contribution in [-0.2, 0) is 16.3 Å². The van der Waals surface area contributed by atoms with Crippen molar-refractivity contribution in [1.29, 1.82) is 0 Å². The van der Waals surface area contributed by atoms with E-state index in [4.69, 9.17) is 0 Å². The van der Waals surface area contributed by atoms with Gasteiger partial charge in [-0.1, -0.05) is 24.3 Å². The van der Waals surface area contributed by atoms with Crippen LogP contribution in [0.1, 0.15) is 17.2 Å². The van der Waals surface area contributed by atoms with Gasteiger partial charge in [0.2, 0.25) is 0 Å². The van der Waals surface area contributed by atoms with Crippen molar-refractivity contribution in [2.45, 2.75) is 23.5 Å². The average molecular weight is 348 g/mol. The SMILES string of the molecule is CS(=O)(=O)c1cc(N[C@H]2c3ccccc3C[C@H]2O)ccc1[N+](=O)[O-]. The van der Waals surface area contributed by atoms with Crippen molar-refractivity contribution in [3.63, 3.8) is 0 Å². The fourth-order valence-corrected chi connectivity index (χ4v) is 3.84. The molecule has 8 heteroatoms. The van der Waals surface area contributed by atoms with Gasteiger partial charge in [-0.3, -0.25) is 10.1 Å². The quantitative estimate of drug-likeness (QED) is 0.646. The van der Waals surface area contributed by atoms with E-state index in [1.807, 2.05) is 24.3 Å². The number of sulfone groups is 1. The van der Waals surface area contributed by atoms with Gasteiger partial charge >= 0.3 is 0 Å². The highest BCUT2D eigenvalue weighted by molar-refractivity contribution is 7.90. The number of nitro groups is 1. The van der Waals surface area contributed by atoms with E-state index in [9.17, 15) is 23.6 Å². The molecule has 0 bridgehead atoms. The van der Waals surface area contributed by atoms with Crippen LogP contribution in [-0.4, -0.2) is 30.8 Å². The summed E-state index contributed by atoms with van der Waals surface area (Å²) in [6, 6.07) is 11.0. The molecule has 0 aromatic heterocycles. The van der Waals surface area contributed by atoms with E-state index < -0.39 is 32.6 Å². The Kier molecular flexibility index (Phi) is 4.02. The van der Waals surface area contributed by atoms with E-state index in [-0.39, 0.29) is 4.90 Å². The number of nitrogens with one attached hydrogen (secondary N) is 1. The van der Waals surface area contributed by atoms with Crippen molar-refractivity contribution in [3.8, 4) is 0 Å². The minimum Gasteiger partial charge on any atom is -0.390 e. The zero-order chi connectivity index (χ0) is 17.5. The third-order valence-corrected chi connectivity index (χ3v) is 5.21. The van der Waals surface area contributed by atoms with Crippen molar-refractivity contribution in [2.75, 3.05) is 11.6 Å². The summed E-state index contributed by atoms with van der Waals surface area (Å²) in [6.07, 6.45) is 0.776. The summed E-state index contributed by atoms with van der Waals surface area (Å²) in [5.74, 6) is 0. The van der Waals surface area contributed by atoms with E-state index in [1.54, 1.807) is 0 Å². The molecule has 0 fully saturated rings. The molecule has 2 atom stereocenters. The molecule has 0 heterocycles. The zero-order valence-corrected chi connectivity index (χ0v) is 13.7. The molecule has 0 saturated carbocycles. The number of anilines is 1. The van der Waals surface area contributed by atoms with Crippen molar-refractivity contribution < 1.29 is 18.4 Å². The first-order chi connectivity index (χ1) is 11.3. The van der Waals surface area contributed by atoms with Crippen LogP contribution in [0.15, 0.2) is 47.4 Å². The zero-order valence-electron chi connectivity index (χ0n) is 12.8. The number of aliphatic hydroxyl groups excluding tert-OH is 1. The standard InChI is InChI=1S/C16H16N2O5S/c1-24(22,23)15-9-11(6-7-13(15)18(20)21)17-16-12-5-3-2-4-10(12)8-14(16)19/h2-7,9,14,16-17,19H,8H2,1H3/t14-,16+/m1/s1. The minimum absolute atomic E-state index is 0.349. The van der Waals surface area contributed by atoms with Crippen LogP contribution in [0.2, 0.25) is 0 Å². The van der Waals surface area contributed by atoms with Gasteiger partial charge in [0.05, 0.1) is 17.1 Å². The summed E-state index contributed by atoms with van der Waals surface area (Å²) in [6.45, 7) is 0. The molecule has 0 radical (unpaired) electrons. The monoisotopic (exact) mass is 348 g/mol. The normalized spacial score (nSPS) is 19.8. The fraction of sp³-hybridized carbons (Fsp3) is 0.250. The molecule has 0 amide bonds. The topological polar surface area (TPSA) is 110 Å². The Hall–Kier alpha value is -2.45. The number of nitro benzene ring substituents is 1. The van der Waals surface area contributed by atoms with E-state index in [0.717, 1.165) is 23.4 Å². The van der Waals surface area contributed by atoms with Crippen molar-refractivity contribution >= 4 is 21.2 Å². The fourth-order valence-electron chi connectivity index (χ4n) is 2.98. The molecule has 24 heavy (non-hydrogen) atoms. The Morgan fingerprint density at radius 3 is 2.62 bits per heavy atom. The van der Waals surface area contributed by atoms with E-state index in [0.29, 0.717) is 12.1 Å². The second-order valence-electron chi connectivity index (χ2n) is 5.80. The molecule has 126 valence electrons. The highest BCUT2D eigenvalue weighted by Gasteiger charge is 2.31. The van der Waals surface area contributed by atoms with Gasteiger partial charge in [-0.05, 0) is 23.3 Å². The number of hydrogen-bond acceptors (Lipinski definition) is 6. The number of hydrogen-bond donors (Lipinski definition) is 2. The van der Waals surface area contributed by atoms with Crippen LogP contribution in [0, 0.1) is 10.1 Å². The van der Waals surface area contributed by atoms with Crippen molar-refractivity contribution in [2.24, 2.45) is 0 Å². The molecular weight excluding hydrogens is 332 g/mol. The number of benzene rings is 2. The van der Waals surface area contributed by atoms with Gasteiger partial charge in [-0.2, -0.15) is 0 Å². The lowest BCUT2D eigenvalue weighted by Gasteiger charge is -2.19. The molecule has 0 saturated heterocycles. The third kappa shape index (κ3) is 2.98. The first-order valence-electron chi connectivity index (χ1n) is 7.28. The smallest absolute Gasteiger partial charge is 0.288 e. The maximum Gasteiger partial charge on any atom is 0.288 e. The predicted molar refractivity (Wildman–Crippen MR) is 88.7 cm³/mol. The van der Waals surface area contributed by atoms with Crippen molar-refractivity contribution in [1.82, 2.24) is 0 Å². The van der Waals surface area contributed by atoms with Crippen LogP contribution >= 0.6 is 0 Å². The Morgan fingerprint density at radius 2 is 1.96 bits per heavy atom. The Balaban J connectivity index is 1.98. The molecule has 0 spiro atoms. The van der Waals surface area contributed by atoms with Gasteiger partial charge in [0.1, 0.15) is 4.90 Å². The van der Waals surface area contributed by atoms with Crippen LogP contribution in [0.3, 0.4) is 0 Å². The maximum atomic E-state index is 11.8. The first-order valence-corrected chi connectivity index (χ1v) is 9.17. The number of aliphatic hydroxyl groups is 1. The van der Waals surface area contributed by atoms with Gasteiger partial charge in [0.25, 0.3) is 5.69 Å². The molecule has 1 aliphatic rings. The number of rotatable bonds is 4. The molecule has 3 rings (SSSR count). The third-order valence-electron chi connectivity index (χ3n) is 4.08. The lowest BCUT2D eigenvalue weighted by atomic mass is 10.1. The average Bonchev–Trinajstić information content (AvgIpc) is 2.82. The van der Waals surface area contributed by atoms with Gasteiger partial charge in [-0.25, -0.2) is 8.42 Å². The summed E-state index contributed by atoms with van der Waals surface area (Å²) in [5.41, 5.74) is 1.90. The van der Waals surface area contributed by atoms with Gasteiger partial charge in [0, 0.05) is 24.4 Å². The highest BCUT2D eigenvalue weighted by Crippen LogP contribution is 2.35. The van der Waals surface area contributed by atoms with E-state index in [2.05, 4.69) is 5.32 Å². The van der Waals surface area contributed by atoms with Crippen molar-refractivity contribution in [3.05, 3.63) is 63.7 Å². The van der Waals surface area contributed by atoms with Gasteiger partial charge in [0.15, 0.2) is 9.84 Å². The number of nitrogens with zero attached hydrogens (tertiary/aromatic N) is 1. The summed E-state index contributed by atoms with van der Waals surface area (Å²) in [5, 5.41) is 24.4. The van der Waals surface area contributed by atoms with Gasteiger partial charge < -0.3 is 10.4 Å². The summed E-state index contributed by atoms with van der Waals surface area (Å²) < 4.78 is 23.7. The van der Waals surface area contributed by atoms with Crippen LogP contribution in [0.4, 0.5) is 11.4 Å². The summed E-state index contributed by atoms with van der Waals surface area (Å²) in [7, 11) is -3.75.